The Kier molecular flexibility index (Phi) is 4.75. The van der Waals surface area contributed by atoms with Crippen molar-refractivity contribution in [1.82, 2.24) is 10.2 Å². The fourth-order valence-corrected chi connectivity index (χ4v) is 3.83. The fraction of sp³-hybridized carbons (Fsp3) is 0.929. The lowest BCUT2D eigenvalue weighted by molar-refractivity contribution is -0.148. The Balaban J connectivity index is 0.00000133. The zero-order valence-corrected chi connectivity index (χ0v) is 12.5. The number of methoxy groups -OCH3 is 1. The first-order valence-electron chi connectivity index (χ1n) is 7.24. The van der Waals surface area contributed by atoms with Crippen molar-refractivity contribution in [1.29, 1.82) is 0 Å². The van der Waals surface area contributed by atoms with Crippen LogP contribution in [0.2, 0.25) is 0 Å². The third-order valence-corrected chi connectivity index (χ3v) is 5.23. The zero-order chi connectivity index (χ0) is 12.6. The van der Waals surface area contributed by atoms with Crippen molar-refractivity contribution in [2.45, 2.75) is 25.7 Å². The second kappa shape index (κ2) is 5.98. The van der Waals surface area contributed by atoms with Crippen LogP contribution in [0.3, 0.4) is 0 Å². The minimum absolute atomic E-state index is 0. The van der Waals surface area contributed by atoms with Crippen LogP contribution >= 0.6 is 12.4 Å². The number of rotatable bonds is 4. The van der Waals surface area contributed by atoms with Crippen molar-refractivity contribution in [3.05, 3.63) is 0 Å². The first-order chi connectivity index (χ1) is 8.75. The fourth-order valence-electron chi connectivity index (χ4n) is 3.83. The molecule has 2 heterocycles. The average molecular weight is 289 g/mol. The van der Waals surface area contributed by atoms with Crippen molar-refractivity contribution >= 4 is 18.3 Å². The number of nitrogens with zero attached hydrogens (tertiary/aromatic N) is 1. The molecule has 5 heteroatoms. The largest absolute Gasteiger partial charge is 0.385 e. The number of carbonyl (C=O) groups excluding carboxylic acids is 1. The predicted molar refractivity (Wildman–Crippen MR) is 76.5 cm³/mol. The van der Waals surface area contributed by atoms with Gasteiger partial charge in [0.25, 0.3) is 0 Å². The van der Waals surface area contributed by atoms with Crippen LogP contribution in [0.15, 0.2) is 0 Å². The van der Waals surface area contributed by atoms with Crippen LogP contribution in [0.4, 0.5) is 0 Å². The number of likely N-dealkylation sites (tertiary alicyclic amines) is 1. The summed E-state index contributed by atoms with van der Waals surface area (Å²) in [6, 6.07) is 0. The van der Waals surface area contributed by atoms with Crippen LogP contribution in [-0.4, -0.2) is 50.7 Å². The first kappa shape index (κ1) is 15.1. The molecular weight excluding hydrogens is 264 g/mol. The molecule has 2 atom stereocenters. The molecule has 1 amide bonds. The van der Waals surface area contributed by atoms with Gasteiger partial charge in [-0.25, -0.2) is 0 Å². The van der Waals surface area contributed by atoms with Gasteiger partial charge in [-0.1, -0.05) is 6.42 Å². The molecule has 0 aromatic heterocycles. The molecule has 0 radical (unpaired) electrons. The van der Waals surface area contributed by atoms with E-state index in [1.54, 1.807) is 7.11 Å². The predicted octanol–water partition coefficient (Wildman–Crippen LogP) is 1.29. The molecule has 2 aliphatic heterocycles. The van der Waals surface area contributed by atoms with Gasteiger partial charge in [0.05, 0.1) is 5.41 Å². The molecule has 110 valence electrons. The zero-order valence-electron chi connectivity index (χ0n) is 11.7. The monoisotopic (exact) mass is 288 g/mol. The van der Waals surface area contributed by atoms with Gasteiger partial charge in [-0.3, -0.25) is 4.79 Å². The summed E-state index contributed by atoms with van der Waals surface area (Å²) in [4.78, 5) is 14.9. The van der Waals surface area contributed by atoms with Crippen LogP contribution in [0.1, 0.15) is 25.7 Å². The number of amides is 1. The topological polar surface area (TPSA) is 41.6 Å². The van der Waals surface area contributed by atoms with Crippen molar-refractivity contribution in [3.8, 4) is 0 Å². The van der Waals surface area contributed by atoms with E-state index in [1.165, 1.54) is 6.42 Å². The van der Waals surface area contributed by atoms with Crippen LogP contribution in [0.5, 0.6) is 0 Å². The highest BCUT2D eigenvalue weighted by molar-refractivity contribution is 5.85. The third kappa shape index (κ3) is 2.63. The van der Waals surface area contributed by atoms with Crippen molar-refractivity contribution < 1.29 is 9.53 Å². The number of fused-ring (bicyclic) bond motifs is 1. The van der Waals surface area contributed by atoms with E-state index in [4.69, 9.17) is 4.74 Å². The van der Waals surface area contributed by atoms with E-state index >= 15 is 0 Å². The van der Waals surface area contributed by atoms with E-state index in [0.717, 1.165) is 45.4 Å². The Morgan fingerprint density at radius 1 is 1.32 bits per heavy atom. The molecule has 1 N–H and O–H groups in total. The maximum atomic E-state index is 12.7. The molecule has 2 saturated heterocycles. The quantitative estimate of drug-likeness (QED) is 0.848. The summed E-state index contributed by atoms with van der Waals surface area (Å²) in [7, 11) is 1.72. The van der Waals surface area contributed by atoms with Gasteiger partial charge in [0, 0.05) is 39.9 Å². The molecule has 1 saturated carbocycles. The maximum Gasteiger partial charge on any atom is 0.228 e. The number of carbonyl (C=O) groups is 1. The molecule has 0 bridgehead atoms. The van der Waals surface area contributed by atoms with Crippen LogP contribution < -0.4 is 5.32 Å². The summed E-state index contributed by atoms with van der Waals surface area (Å²) >= 11 is 0. The molecule has 0 aromatic carbocycles. The van der Waals surface area contributed by atoms with Gasteiger partial charge in [0.15, 0.2) is 0 Å². The summed E-state index contributed by atoms with van der Waals surface area (Å²) in [6.07, 6.45) is 4.25. The lowest BCUT2D eigenvalue weighted by Crippen LogP contribution is -2.48. The standard InChI is InChI=1S/C14H24N2O2.ClH/c1-18-6-5-14(3-2-4-14)13(17)16-9-11-7-15-8-12(11)10-16;/h11-12,15H,2-10H2,1H3;1H/t11-,12+;. The number of hydrogen-bond acceptors (Lipinski definition) is 3. The van der Waals surface area contributed by atoms with Gasteiger partial charge in [-0.15, -0.1) is 12.4 Å². The maximum absolute atomic E-state index is 12.7. The SMILES string of the molecule is COCCC1(C(=O)N2C[C@H]3CNC[C@H]3C2)CCC1.Cl. The van der Waals surface area contributed by atoms with Crippen molar-refractivity contribution in [2.75, 3.05) is 39.9 Å². The average Bonchev–Trinajstić information content (AvgIpc) is 2.87. The van der Waals surface area contributed by atoms with E-state index in [2.05, 4.69) is 10.2 Å². The molecular formula is C14H25ClN2O2. The summed E-state index contributed by atoms with van der Waals surface area (Å²) in [6.45, 7) is 4.86. The summed E-state index contributed by atoms with van der Waals surface area (Å²) < 4.78 is 5.18. The minimum Gasteiger partial charge on any atom is -0.385 e. The number of halogens is 1. The Morgan fingerprint density at radius 2 is 1.95 bits per heavy atom. The first-order valence-corrected chi connectivity index (χ1v) is 7.24. The van der Waals surface area contributed by atoms with Crippen LogP contribution in [0.25, 0.3) is 0 Å². The van der Waals surface area contributed by atoms with Gasteiger partial charge in [0.2, 0.25) is 5.91 Å². The van der Waals surface area contributed by atoms with E-state index in [1.807, 2.05) is 0 Å². The van der Waals surface area contributed by atoms with Gasteiger partial charge >= 0.3 is 0 Å². The highest BCUT2D eigenvalue weighted by Gasteiger charge is 2.48. The van der Waals surface area contributed by atoms with Crippen molar-refractivity contribution in [3.63, 3.8) is 0 Å². The lowest BCUT2D eigenvalue weighted by Gasteiger charge is -2.43. The lowest BCUT2D eigenvalue weighted by atomic mass is 9.66. The van der Waals surface area contributed by atoms with E-state index in [-0.39, 0.29) is 17.8 Å². The van der Waals surface area contributed by atoms with Crippen LogP contribution in [-0.2, 0) is 9.53 Å². The van der Waals surface area contributed by atoms with Gasteiger partial charge < -0.3 is 15.0 Å². The Labute approximate surface area is 121 Å². The number of nitrogens with one attached hydrogen (secondary N) is 1. The summed E-state index contributed by atoms with van der Waals surface area (Å²) in [5, 5.41) is 3.43. The highest BCUT2D eigenvalue weighted by atomic mass is 35.5. The molecule has 19 heavy (non-hydrogen) atoms. The van der Waals surface area contributed by atoms with Gasteiger partial charge in [0.1, 0.15) is 0 Å². The molecule has 3 rings (SSSR count). The number of hydrogen-bond donors (Lipinski definition) is 1. The van der Waals surface area contributed by atoms with E-state index in [0.29, 0.717) is 24.3 Å². The highest BCUT2D eigenvalue weighted by Crippen LogP contribution is 2.46. The molecule has 3 fully saturated rings. The van der Waals surface area contributed by atoms with Crippen LogP contribution in [0, 0.1) is 17.3 Å². The van der Waals surface area contributed by atoms with Gasteiger partial charge in [-0.2, -0.15) is 0 Å². The van der Waals surface area contributed by atoms with Crippen molar-refractivity contribution in [2.24, 2.45) is 17.3 Å². The second-order valence-electron chi connectivity index (χ2n) is 6.27. The van der Waals surface area contributed by atoms with Gasteiger partial charge in [-0.05, 0) is 31.1 Å². The summed E-state index contributed by atoms with van der Waals surface area (Å²) in [5.41, 5.74) is -0.0674. The minimum atomic E-state index is -0.0674. The Morgan fingerprint density at radius 3 is 2.42 bits per heavy atom. The van der Waals surface area contributed by atoms with E-state index < -0.39 is 0 Å². The molecule has 3 aliphatic rings. The number of ether oxygens (including phenoxy) is 1. The van der Waals surface area contributed by atoms with E-state index in [9.17, 15) is 4.79 Å². The molecule has 1 aliphatic carbocycles. The normalized spacial score (nSPS) is 31.5. The molecule has 4 nitrogen and oxygen atoms in total. The third-order valence-electron chi connectivity index (χ3n) is 5.23. The molecule has 0 spiro atoms. The molecule has 0 aromatic rings. The smallest absolute Gasteiger partial charge is 0.228 e. The Bertz CT molecular complexity index is 321. The summed E-state index contributed by atoms with van der Waals surface area (Å²) in [5.74, 6) is 1.82. The molecule has 0 unspecified atom stereocenters. The second-order valence-corrected chi connectivity index (χ2v) is 6.27. The Hall–Kier alpha value is -0.320.